The zero-order valence-corrected chi connectivity index (χ0v) is 12.2. The van der Waals surface area contributed by atoms with Crippen molar-refractivity contribution in [2.45, 2.75) is 19.8 Å². The lowest BCUT2D eigenvalue weighted by atomic mass is 9.98. The Morgan fingerprint density at radius 2 is 2.14 bits per heavy atom. The molecule has 0 aromatic carbocycles. The predicted molar refractivity (Wildman–Crippen MR) is 77.5 cm³/mol. The van der Waals surface area contributed by atoms with Gasteiger partial charge in [0.25, 0.3) is 5.91 Å². The number of aromatic nitrogens is 3. The summed E-state index contributed by atoms with van der Waals surface area (Å²) in [5.41, 5.74) is 2.25. The van der Waals surface area contributed by atoms with Crippen molar-refractivity contribution in [3.05, 3.63) is 23.5 Å². The third-order valence-corrected chi connectivity index (χ3v) is 4.07. The fraction of sp³-hybridized carbons (Fsp3) is 0.467. The SMILES string of the molecule is Cc1nn(C)c2ncc(C(=O)N3CCC(C#N)CC3)cc12. The number of carbonyl (C=O) groups is 1. The van der Waals surface area contributed by atoms with E-state index in [1.165, 1.54) is 0 Å². The molecule has 6 nitrogen and oxygen atoms in total. The first-order valence-electron chi connectivity index (χ1n) is 7.08. The molecule has 0 radical (unpaired) electrons. The van der Waals surface area contributed by atoms with Crippen molar-refractivity contribution >= 4 is 16.9 Å². The molecular weight excluding hydrogens is 266 g/mol. The molecule has 0 bridgehead atoms. The van der Waals surface area contributed by atoms with Crippen molar-refractivity contribution in [1.29, 1.82) is 5.26 Å². The molecular formula is C15H17N5O. The zero-order chi connectivity index (χ0) is 15.0. The Balaban J connectivity index is 1.85. The van der Waals surface area contributed by atoms with Crippen molar-refractivity contribution in [3.8, 4) is 6.07 Å². The highest BCUT2D eigenvalue weighted by Gasteiger charge is 2.24. The first kappa shape index (κ1) is 13.6. The van der Waals surface area contributed by atoms with Crippen molar-refractivity contribution in [1.82, 2.24) is 19.7 Å². The maximum Gasteiger partial charge on any atom is 0.255 e. The highest BCUT2D eigenvalue weighted by atomic mass is 16.2. The van der Waals surface area contributed by atoms with Gasteiger partial charge in [-0.05, 0) is 25.8 Å². The summed E-state index contributed by atoms with van der Waals surface area (Å²) >= 11 is 0. The van der Waals surface area contributed by atoms with Gasteiger partial charge >= 0.3 is 0 Å². The standard InChI is InChI=1S/C15H17N5O/c1-10-13-7-12(9-17-14(13)19(2)18-10)15(21)20-5-3-11(8-16)4-6-20/h7,9,11H,3-6H2,1-2H3. The number of amides is 1. The van der Waals surface area contributed by atoms with E-state index in [9.17, 15) is 4.79 Å². The van der Waals surface area contributed by atoms with Gasteiger partial charge in [0.1, 0.15) is 0 Å². The van der Waals surface area contributed by atoms with Gasteiger partial charge < -0.3 is 4.90 Å². The van der Waals surface area contributed by atoms with Crippen LogP contribution in [-0.2, 0) is 7.05 Å². The number of nitrogens with zero attached hydrogens (tertiary/aromatic N) is 5. The summed E-state index contributed by atoms with van der Waals surface area (Å²) < 4.78 is 1.72. The molecule has 0 unspecified atom stereocenters. The van der Waals surface area contributed by atoms with E-state index < -0.39 is 0 Å². The number of carbonyl (C=O) groups excluding carboxylic acids is 1. The van der Waals surface area contributed by atoms with Crippen molar-refractivity contribution < 1.29 is 4.79 Å². The molecule has 6 heteroatoms. The fourth-order valence-corrected chi connectivity index (χ4v) is 2.82. The second-order valence-corrected chi connectivity index (χ2v) is 5.50. The van der Waals surface area contributed by atoms with Crippen LogP contribution in [0.25, 0.3) is 11.0 Å². The van der Waals surface area contributed by atoms with Crippen LogP contribution in [-0.4, -0.2) is 38.7 Å². The number of pyridine rings is 1. The lowest BCUT2D eigenvalue weighted by Crippen LogP contribution is -2.38. The largest absolute Gasteiger partial charge is 0.339 e. The number of aryl methyl sites for hydroxylation is 2. The van der Waals surface area contributed by atoms with E-state index in [-0.39, 0.29) is 11.8 Å². The van der Waals surface area contributed by atoms with Crippen LogP contribution >= 0.6 is 0 Å². The van der Waals surface area contributed by atoms with E-state index in [1.807, 2.05) is 24.9 Å². The van der Waals surface area contributed by atoms with Crippen molar-refractivity contribution in [2.24, 2.45) is 13.0 Å². The van der Waals surface area contributed by atoms with Crippen LogP contribution in [0.2, 0.25) is 0 Å². The molecule has 108 valence electrons. The number of hydrogen-bond donors (Lipinski definition) is 0. The van der Waals surface area contributed by atoms with Crippen LogP contribution in [0.4, 0.5) is 0 Å². The number of hydrogen-bond acceptors (Lipinski definition) is 4. The van der Waals surface area contributed by atoms with Gasteiger partial charge in [0, 0.05) is 37.6 Å². The Morgan fingerprint density at radius 1 is 1.43 bits per heavy atom. The van der Waals surface area contributed by atoms with Gasteiger partial charge in [-0.2, -0.15) is 10.4 Å². The lowest BCUT2D eigenvalue weighted by molar-refractivity contribution is 0.0707. The van der Waals surface area contributed by atoms with Crippen LogP contribution in [0, 0.1) is 24.2 Å². The lowest BCUT2D eigenvalue weighted by Gasteiger charge is -2.29. The van der Waals surface area contributed by atoms with Crippen LogP contribution in [0.1, 0.15) is 28.9 Å². The van der Waals surface area contributed by atoms with Crippen LogP contribution in [0.3, 0.4) is 0 Å². The Morgan fingerprint density at radius 3 is 2.81 bits per heavy atom. The van der Waals surface area contributed by atoms with Gasteiger partial charge in [-0.1, -0.05) is 0 Å². The Kier molecular flexibility index (Phi) is 3.34. The summed E-state index contributed by atoms with van der Waals surface area (Å²) in [6.45, 7) is 3.19. The van der Waals surface area contributed by atoms with E-state index in [4.69, 9.17) is 5.26 Å². The minimum atomic E-state index is -0.0101. The summed E-state index contributed by atoms with van der Waals surface area (Å²) in [4.78, 5) is 18.7. The number of rotatable bonds is 1. The maximum absolute atomic E-state index is 12.5. The second-order valence-electron chi connectivity index (χ2n) is 5.50. The molecule has 0 spiro atoms. The zero-order valence-electron chi connectivity index (χ0n) is 12.2. The summed E-state index contributed by atoms with van der Waals surface area (Å²) in [6.07, 6.45) is 3.12. The van der Waals surface area contributed by atoms with E-state index >= 15 is 0 Å². The van der Waals surface area contributed by atoms with Gasteiger partial charge in [-0.25, -0.2) is 4.98 Å². The van der Waals surface area contributed by atoms with E-state index in [2.05, 4.69) is 16.2 Å². The second kappa shape index (κ2) is 5.17. The molecule has 1 aliphatic rings. The third kappa shape index (κ3) is 2.35. The highest BCUT2D eigenvalue weighted by Crippen LogP contribution is 2.21. The van der Waals surface area contributed by atoms with Gasteiger partial charge in [0.05, 0.1) is 17.3 Å². The molecule has 3 heterocycles. The number of piperidine rings is 1. The summed E-state index contributed by atoms with van der Waals surface area (Å²) in [5, 5.41) is 14.1. The van der Waals surface area contributed by atoms with Gasteiger partial charge in [0.2, 0.25) is 0 Å². The predicted octanol–water partition coefficient (Wildman–Crippen LogP) is 1.65. The number of nitriles is 1. The smallest absolute Gasteiger partial charge is 0.255 e. The fourth-order valence-electron chi connectivity index (χ4n) is 2.82. The Hall–Kier alpha value is -2.42. The summed E-state index contributed by atoms with van der Waals surface area (Å²) in [6, 6.07) is 4.14. The minimum absolute atomic E-state index is 0.0101. The molecule has 0 N–H and O–H groups in total. The van der Waals surface area contributed by atoms with Gasteiger partial charge in [-0.15, -0.1) is 0 Å². The summed E-state index contributed by atoms with van der Waals surface area (Å²) in [7, 11) is 1.84. The molecule has 2 aromatic rings. The molecule has 0 aliphatic carbocycles. The van der Waals surface area contributed by atoms with Crippen molar-refractivity contribution in [3.63, 3.8) is 0 Å². The average Bonchev–Trinajstić information content (AvgIpc) is 2.81. The molecule has 0 saturated carbocycles. The first-order chi connectivity index (χ1) is 10.1. The van der Waals surface area contributed by atoms with E-state index in [1.54, 1.807) is 10.9 Å². The molecule has 1 aliphatic heterocycles. The van der Waals surface area contributed by atoms with E-state index in [0.717, 1.165) is 29.6 Å². The number of likely N-dealkylation sites (tertiary alicyclic amines) is 1. The Bertz CT molecular complexity index is 734. The molecule has 2 aromatic heterocycles. The van der Waals surface area contributed by atoms with Gasteiger partial charge in [-0.3, -0.25) is 9.48 Å². The average molecular weight is 283 g/mol. The maximum atomic E-state index is 12.5. The quantitative estimate of drug-likeness (QED) is 0.797. The molecule has 3 rings (SSSR count). The molecule has 1 amide bonds. The summed E-state index contributed by atoms with van der Waals surface area (Å²) in [5.74, 6) is 0.0688. The molecule has 21 heavy (non-hydrogen) atoms. The first-order valence-corrected chi connectivity index (χ1v) is 7.08. The van der Waals surface area contributed by atoms with Crippen LogP contribution in [0.5, 0.6) is 0 Å². The normalized spacial score (nSPS) is 16.1. The molecule has 1 saturated heterocycles. The van der Waals surface area contributed by atoms with E-state index in [0.29, 0.717) is 18.7 Å². The topological polar surface area (TPSA) is 74.8 Å². The minimum Gasteiger partial charge on any atom is -0.339 e. The van der Waals surface area contributed by atoms with Crippen molar-refractivity contribution in [2.75, 3.05) is 13.1 Å². The number of fused-ring (bicyclic) bond motifs is 1. The molecule has 1 fully saturated rings. The van der Waals surface area contributed by atoms with Crippen LogP contribution in [0.15, 0.2) is 12.3 Å². The third-order valence-electron chi connectivity index (χ3n) is 4.07. The van der Waals surface area contributed by atoms with Gasteiger partial charge in [0.15, 0.2) is 5.65 Å². The Labute approximate surface area is 123 Å². The monoisotopic (exact) mass is 283 g/mol. The van der Waals surface area contributed by atoms with Crippen LogP contribution < -0.4 is 0 Å². The highest BCUT2D eigenvalue weighted by molar-refractivity contribution is 5.97. The molecule has 0 atom stereocenters.